The molecule has 5 rings (SSSR count). The van der Waals surface area contributed by atoms with Gasteiger partial charge in [-0.2, -0.15) is 4.39 Å². The van der Waals surface area contributed by atoms with Gasteiger partial charge in [0.05, 0.1) is 0 Å². The van der Waals surface area contributed by atoms with E-state index in [0.29, 0.717) is 35.6 Å². The number of benzene rings is 2. The fraction of sp³-hybridized carbons (Fsp3) is 0.379. The number of rotatable bonds is 6. The zero-order valence-corrected chi connectivity index (χ0v) is 21.2. The number of amides is 1. The molecule has 0 spiro atoms. The summed E-state index contributed by atoms with van der Waals surface area (Å²) in [4.78, 5) is 18.3. The van der Waals surface area contributed by atoms with E-state index in [1.165, 1.54) is 11.6 Å². The van der Waals surface area contributed by atoms with Gasteiger partial charge in [0.15, 0.2) is 0 Å². The van der Waals surface area contributed by atoms with Gasteiger partial charge in [-0.15, -0.1) is 0 Å². The number of carbonyl (C=O) groups excluding carboxylic acids is 1. The number of fused-ring (bicyclic) bond motifs is 1. The van der Waals surface area contributed by atoms with E-state index < -0.39 is 11.8 Å². The maximum Gasteiger partial charge on any atom is 0.251 e. The molecule has 2 aliphatic heterocycles. The largest absolute Gasteiger partial charge is 0.383 e. The third-order valence-corrected chi connectivity index (χ3v) is 7.51. The number of nitrogens with zero attached hydrogens (tertiary/aromatic N) is 2. The number of carbonyl (C=O) groups is 1. The van der Waals surface area contributed by atoms with Crippen molar-refractivity contribution < 1.29 is 18.3 Å². The number of anilines is 1. The average Bonchev–Trinajstić information content (AvgIpc) is 2.90. The summed E-state index contributed by atoms with van der Waals surface area (Å²) in [5.41, 5.74) is 11.0. The first-order valence-corrected chi connectivity index (χ1v) is 12.8. The minimum absolute atomic E-state index is 0.0925. The standard InChI is InChI=1S/C29H32F2N4O2/c1-3-35(2)16-20-12-18(4-5-21(20)17-7-10-37-11-8-17)22-14-25(28(32)34-27(22)31)24-13-19-6-9-33-29(36)23(19)15-26(24)30/h4-5,12-15,17H,3,6-11,16H2,1-2H3,(H2,32,34)(H,33,36). The third-order valence-electron chi connectivity index (χ3n) is 7.51. The minimum Gasteiger partial charge on any atom is -0.383 e. The first kappa shape index (κ1) is 25.3. The van der Waals surface area contributed by atoms with Crippen molar-refractivity contribution >= 4 is 11.7 Å². The zero-order valence-electron chi connectivity index (χ0n) is 21.2. The van der Waals surface area contributed by atoms with Gasteiger partial charge in [-0.05, 0) is 85.3 Å². The Hall–Kier alpha value is -3.36. The Labute approximate surface area is 215 Å². The van der Waals surface area contributed by atoms with Crippen molar-refractivity contribution in [1.82, 2.24) is 15.2 Å². The molecule has 0 unspecified atom stereocenters. The van der Waals surface area contributed by atoms with Crippen LogP contribution in [0.15, 0.2) is 36.4 Å². The Morgan fingerprint density at radius 2 is 1.86 bits per heavy atom. The van der Waals surface area contributed by atoms with Crippen LogP contribution in [-0.4, -0.2) is 49.1 Å². The molecule has 1 saturated heterocycles. The Morgan fingerprint density at radius 1 is 1.08 bits per heavy atom. The van der Waals surface area contributed by atoms with Crippen molar-refractivity contribution in [3.8, 4) is 22.3 Å². The lowest BCUT2D eigenvalue weighted by Crippen LogP contribution is -2.32. The number of ether oxygens (including phenoxy) is 1. The highest BCUT2D eigenvalue weighted by molar-refractivity contribution is 5.97. The Balaban J connectivity index is 1.59. The summed E-state index contributed by atoms with van der Waals surface area (Å²) < 4.78 is 35.9. The second-order valence-corrected chi connectivity index (χ2v) is 9.89. The van der Waals surface area contributed by atoms with E-state index in [4.69, 9.17) is 10.5 Å². The number of nitrogens with two attached hydrogens (primary N) is 1. The molecule has 37 heavy (non-hydrogen) atoms. The van der Waals surface area contributed by atoms with Gasteiger partial charge in [-0.3, -0.25) is 4.79 Å². The lowest BCUT2D eigenvalue weighted by atomic mass is 9.86. The molecule has 194 valence electrons. The van der Waals surface area contributed by atoms with Crippen molar-refractivity contribution in [2.45, 2.75) is 38.6 Å². The topological polar surface area (TPSA) is 80.5 Å². The molecule has 0 saturated carbocycles. The first-order chi connectivity index (χ1) is 17.9. The van der Waals surface area contributed by atoms with Gasteiger partial charge < -0.3 is 20.7 Å². The third kappa shape index (κ3) is 5.08. The van der Waals surface area contributed by atoms with Crippen LogP contribution in [-0.2, 0) is 17.7 Å². The number of nitrogens with one attached hydrogen (secondary N) is 1. The van der Waals surface area contributed by atoms with Crippen molar-refractivity contribution in [1.29, 1.82) is 0 Å². The molecule has 0 radical (unpaired) electrons. The fourth-order valence-corrected chi connectivity index (χ4v) is 5.29. The summed E-state index contributed by atoms with van der Waals surface area (Å²) in [6.45, 7) is 5.68. The van der Waals surface area contributed by atoms with Crippen LogP contribution in [0.4, 0.5) is 14.6 Å². The van der Waals surface area contributed by atoms with Gasteiger partial charge in [0.2, 0.25) is 5.95 Å². The Bertz CT molecular complexity index is 1340. The summed E-state index contributed by atoms with van der Waals surface area (Å²) in [5.74, 6) is -1.29. The molecule has 1 amide bonds. The molecule has 0 atom stereocenters. The number of hydrogen-bond acceptors (Lipinski definition) is 5. The molecule has 1 aromatic heterocycles. The molecule has 0 bridgehead atoms. The van der Waals surface area contributed by atoms with Crippen molar-refractivity contribution in [3.05, 3.63) is 70.4 Å². The van der Waals surface area contributed by atoms with Gasteiger partial charge in [0.1, 0.15) is 11.6 Å². The molecule has 2 aliphatic rings. The van der Waals surface area contributed by atoms with Gasteiger partial charge in [0, 0.05) is 48.6 Å². The fourth-order valence-electron chi connectivity index (χ4n) is 5.29. The smallest absolute Gasteiger partial charge is 0.251 e. The highest BCUT2D eigenvalue weighted by Gasteiger charge is 2.24. The predicted octanol–water partition coefficient (Wildman–Crippen LogP) is 4.91. The number of hydrogen-bond donors (Lipinski definition) is 2. The maximum absolute atomic E-state index is 15.2. The van der Waals surface area contributed by atoms with Crippen LogP contribution >= 0.6 is 0 Å². The summed E-state index contributed by atoms with van der Waals surface area (Å²) >= 11 is 0. The lowest BCUT2D eigenvalue weighted by Gasteiger charge is -2.27. The summed E-state index contributed by atoms with van der Waals surface area (Å²) in [7, 11) is 2.06. The van der Waals surface area contributed by atoms with Crippen LogP contribution in [0.25, 0.3) is 22.3 Å². The first-order valence-electron chi connectivity index (χ1n) is 12.8. The molecule has 3 heterocycles. The quantitative estimate of drug-likeness (QED) is 0.465. The van der Waals surface area contributed by atoms with E-state index in [2.05, 4.69) is 35.2 Å². The zero-order chi connectivity index (χ0) is 26.1. The summed E-state index contributed by atoms with van der Waals surface area (Å²) in [6, 6.07) is 10.4. The van der Waals surface area contributed by atoms with Crippen LogP contribution in [0.5, 0.6) is 0 Å². The van der Waals surface area contributed by atoms with Crippen LogP contribution in [0, 0.1) is 11.8 Å². The minimum atomic E-state index is -0.701. The van der Waals surface area contributed by atoms with E-state index in [9.17, 15) is 4.79 Å². The lowest BCUT2D eigenvalue weighted by molar-refractivity contribution is 0.0850. The van der Waals surface area contributed by atoms with Crippen LogP contribution in [0.3, 0.4) is 0 Å². The van der Waals surface area contributed by atoms with Crippen molar-refractivity contribution in [2.75, 3.05) is 39.1 Å². The van der Waals surface area contributed by atoms with Gasteiger partial charge in [-0.1, -0.05) is 19.1 Å². The number of aromatic nitrogens is 1. The SMILES string of the molecule is CCN(C)Cc1cc(-c2cc(-c3cc4c(cc3F)C(=O)NCC4)c(N)nc2F)ccc1C1CCOCC1. The van der Waals surface area contributed by atoms with E-state index in [1.54, 1.807) is 12.1 Å². The van der Waals surface area contributed by atoms with Crippen LogP contribution < -0.4 is 11.1 Å². The summed E-state index contributed by atoms with van der Waals surface area (Å²) in [6.07, 6.45) is 2.50. The molecule has 3 N–H and O–H groups in total. The van der Waals surface area contributed by atoms with Crippen molar-refractivity contribution in [2.24, 2.45) is 0 Å². The second-order valence-electron chi connectivity index (χ2n) is 9.89. The van der Waals surface area contributed by atoms with Crippen LogP contribution in [0.1, 0.15) is 52.7 Å². The number of nitrogen functional groups attached to an aromatic ring is 1. The van der Waals surface area contributed by atoms with Gasteiger partial charge in [-0.25, -0.2) is 9.37 Å². The average molecular weight is 507 g/mol. The molecule has 0 aliphatic carbocycles. The Kier molecular flexibility index (Phi) is 7.22. The monoisotopic (exact) mass is 506 g/mol. The molecule has 6 nitrogen and oxygen atoms in total. The molecule has 3 aromatic rings. The highest BCUT2D eigenvalue weighted by Crippen LogP contribution is 2.37. The normalized spacial score (nSPS) is 16.1. The Morgan fingerprint density at radius 3 is 2.62 bits per heavy atom. The molecular formula is C29H32F2N4O2. The number of halogens is 2. The van der Waals surface area contributed by atoms with E-state index in [-0.39, 0.29) is 22.9 Å². The second kappa shape index (κ2) is 10.6. The van der Waals surface area contributed by atoms with Crippen molar-refractivity contribution in [3.63, 3.8) is 0 Å². The molecular weight excluding hydrogens is 474 g/mol. The van der Waals surface area contributed by atoms with E-state index in [1.807, 2.05) is 12.1 Å². The van der Waals surface area contributed by atoms with Crippen LogP contribution in [0.2, 0.25) is 0 Å². The highest BCUT2D eigenvalue weighted by atomic mass is 19.1. The van der Waals surface area contributed by atoms with Gasteiger partial charge in [0.25, 0.3) is 5.91 Å². The number of pyridine rings is 1. The van der Waals surface area contributed by atoms with E-state index >= 15 is 8.78 Å². The van der Waals surface area contributed by atoms with Gasteiger partial charge >= 0.3 is 0 Å². The molecule has 8 heteroatoms. The summed E-state index contributed by atoms with van der Waals surface area (Å²) in [5, 5.41) is 2.72. The maximum atomic E-state index is 15.2. The molecule has 2 aromatic carbocycles. The predicted molar refractivity (Wildman–Crippen MR) is 140 cm³/mol. The molecule has 1 fully saturated rings. The van der Waals surface area contributed by atoms with E-state index in [0.717, 1.165) is 50.3 Å².